The number of benzene rings is 1. The van der Waals surface area contributed by atoms with Crippen molar-refractivity contribution in [3.05, 3.63) is 23.8 Å². The van der Waals surface area contributed by atoms with Gasteiger partial charge in [0.1, 0.15) is 5.75 Å². The molecule has 2 heteroatoms. The Morgan fingerprint density at radius 1 is 1.18 bits per heavy atom. The molecule has 1 aliphatic rings. The lowest BCUT2D eigenvalue weighted by Gasteiger charge is -2.32. The summed E-state index contributed by atoms with van der Waals surface area (Å²) in [6.07, 6.45) is 3.96. The molecule has 0 aromatic heterocycles. The van der Waals surface area contributed by atoms with Crippen molar-refractivity contribution in [1.82, 2.24) is 0 Å². The van der Waals surface area contributed by atoms with E-state index < -0.39 is 0 Å². The van der Waals surface area contributed by atoms with E-state index in [1.165, 1.54) is 12.8 Å². The third-order valence-electron chi connectivity index (χ3n) is 4.10. The number of ether oxygens (including phenoxy) is 1. The van der Waals surface area contributed by atoms with Crippen LogP contribution >= 0.6 is 0 Å². The highest BCUT2D eigenvalue weighted by molar-refractivity contribution is 5.50. The van der Waals surface area contributed by atoms with E-state index in [1.54, 1.807) is 0 Å². The van der Waals surface area contributed by atoms with E-state index in [-0.39, 0.29) is 0 Å². The van der Waals surface area contributed by atoms with Gasteiger partial charge in [0.25, 0.3) is 0 Å². The van der Waals surface area contributed by atoms with Crippen LogP contribution in [0.25, 0.3) is 0 Å². The predicted molar refractivity (Wildman–Crippen MR) is 72.2 cm³/mol. The first-order valence-corrected chi connectivity index (χ1v) is 6.59. The highest BCUT2D eigenvalue weighted by Gasteiger charge is 2.25. The summed E-state index contributed by atoms with van der Waals surface area (Å²) < 4.78 is 6.03. The van der Waals surface area contributed by atoms with Gasteiger partial charge in [0.05, 0.1) is 6.10 Å². The van der Waals surface area contributed by atoms with E-state index in [0.717, 1.165) is 35.3 Å². The van der Waals surface area contributed by atoms with Crippen LogP contribution in [0.2, 0.25) is 0 Å². The van der Waals surface area contributed by atoms with Crippen molar-refractivity contribution in [3.63, 3.8) is 0 Å². The quantitative estimate of drug-likeness (QED) is 0.789. The number of nitrogens with two attached hydrogens (primary N) is 1. The van der Waals surface area contributed by atoms with Crippen LogP contribution < -0.4 is 10.5 Å². The second kappa shape index (κ2) is 4.99. The Morgan fingerprint density at radius 3 is 2.59 bits per heavy atom. The van der Waals surface area contributed by atoms with Crippen molar-refractivity contribution in [2.75, 3.05) is 5.73 Å². The van der Waals surface area contributed by atoms with Crippen LogP contribution in [-0.4, -0.2) is 6.10 Å². The number of hydrogen-bond acceptors (Lipinski definition) is 2. The SMILES string of the molecule is Cc1ccc(OC2CCC(C)C(C)C2)cc1N. The van der Waals surface area contributed by atoms with E-state index >= 15 is 0 Å². The molecule has 3 atom stereocenters. The average molecular weight is 233 g/mol. The van der Waals surface area contributed by atoms with Gasteiger partial charge in [0.15, 0.2) is 0 Å². The topological polar surface area (TPSA) is 35.2 Å². The van der Waals surface area contributed by atoms with E-state index in [0.29, 0.717) is 6.10 Å². The molecule has 17 heavy (non-hydrogen) atoms. The molecule has 94 valence electrons. The maximum atomic E-state index is 6.03. The molecule has 0 spiro atoms. The van der Waals surface area contributed by atoms with Crippen molar-refractivity contribution < 1.29 is 4.74 Å². The largest absolute Gasteiger partial charge is 0.490 e. The third-order valence-corrected chi connectivity index (χ3v) is 4.10. The number of aryl methyl sites for hydroxylation is 1. The Labute approximate surface area is 104 Å². The number of rotatable bonds is 2. The van der Waals surface area contributed by atoms with Gasteiger partial charge in [-0.15, -0.1) is 0 Å². The van der Waals surface area contributed by atoms with Crippen LogP contribution in [-0.2, 0) is 0 Å². The second-order valence-corrected chi connectivity index (χ2v) is 5.53. The van der Waals surface area contributed by atoms with Gasteiger partial charge in [-0.1, -0.05) is 19.9 Å². The standard InChI is InChI=1S/C15H23NO/c1-10-4-6-13(8-12(10)3)17-14-7-5-11(2)15(16)9-14/h5,7,9-10,12-13H,4,6,8,16H2,1-3H3. The van der Waals surface area contributed by atoms with Gasteiger partial charge in [-0.25, -0.2) is 0 Å². The molecule has 1 aromatic rings. The number of nitrogen functional groups attached to an aromatic ring is 1. The van der Waals surface area contributed by atoms with Gasteiger partial charge in [-0.3, -0.25) is 0 Å². The van der Waals surface area contributed by atoms with Gasteiger partial charge in [0.2, 0.25) is 0 Å². The monoisotopic (exact) mass is 233 g/mol. The predicted octanol–water partition coefficient (Wildman–Crippen LogP) is 3.78. The highest BCUT2D eigenvalue weighted by atomic mass is 16.5. The first-order chi connectivity index (χ1) is 8.06. The van der Waals surface area contributed by atoms with Gasteiger partial charge >= 0.3 is 0 Å². The zero-order valence-electron chi connectivity index (χ0n) is 11.1. The minimum atomic E-state index is 0.364. The molecular formula is C15H23NO. The molecule has 2 nitrogen and oxygen atoms in total. The van der Waals surface area contributed by atoms with Gasteiger partial charge < -0.3 is 10.5 Å². The number of hydrogen-bond donors (Lipinski definition) is 1. The summed E-state index contributed by atoms with van der Waals surface area (Å²) in [5, 5.41) is 0. The van der Waals surface area contributed by atoms with Crippen molar-refractivity contribution in [2.45, 2.75) is 46.1 Å². The molecule has 2 N–H and O–H groups in total. The minimum absolute atomic E-state index is 0.364. The highest BCUT2D eigenvalue weighted by Crippen LogP contribution is 2.32. The summed E-state index contributed by atoms with van der Waals surface area (Å²) >= 11 is 0. The molecule has 3 unspecified atom stereocenters. The van der Waals surface area contributed by atoms with Gasteiger partial charge in [-0.05, 0) is 49.7 Å². The second-order valence-electron chi connectivity index (χ2n) is 5.53. The minimum Gasteiger partial charge on any atom is -0.490 e. The van der Waals surface area contributed by atoms with E-state index in [4.69, 9.17) is 10.5 Å². The molecule has 1 aliphatic carbocycles. The lowest BCUT2D eigenvalue weighted by molar-refractivity contribution is 0.101. The summed E-state index contributed by atoms with van der Waals surface area (Å²) in [6, 6.07) is 5.99. The van der Waals surface area contributed by atoms with Crippen LogP contribution in [0.3, 0.4) is 0 Å². The molecule has 0 radical (unpaired) electrons. The van der Waals surface area contributed by atoms with Crippen molar-refractivity contribution in [3.8, 4) is 5.75 Å². The molecule has 0 saturated heterocycles. The fourth-order valence-corrected chi connectivity index (χ4v) is 2.49. The summed E-state index contributed by atoms with van der Waals surface area (Å²) in [5.41, 5.74) is 7.83. The zero-order valence-corrected chi connectivity index (χ0v) is 11.1. The maximum Gasteiger partial charge on any atom is 0.121 e. The van der Waals surface area contributed by atoms with Crippen LogP contribution in [0.4, 0.5) is 5.69 Å². The van der Waals surface area contributed by atoms with Crippen LogP contribution in [0.5, 0.6) is 5.75 Å². The Morgan fingerprint density at radius 2 is 1.94 bits per heavy atom. The maximum absolute atomic E-state index is 6.03. The van der Waals surface area contributed by atoms with E-state index in [2.05, 4.69) is 13.8 Å². The van der Waals surface area contributed by atoms with Crippen molar-refractivity contribution >= 4 is 5.69 Å². The zero-order chi connectivity index (χ0) is 12.4. The lowest BCUT2D eigenvalue weighted by atomic mass is 9.80. The van der Waals surface area contributed by atoms with Crippen LogP contribution in [0, 0.1) is 18.8 Å². The summed E-state index contributed by atoms with van der Waals surface area (Å²) in [6.45, 7) is 6.68. The number of anilines is 1. The molecular weight excluding hydrogens is 210 g/mol. The van der Waals surface area contributed by atoms with Gasteiger partial charge in [0, 0.05) is 11.8 Å². The van der Waals surface area contributed by atoms with Crippen molar-refractivity contribution in [1.29, 1.82) is 0 Å². The summed E-state index contributed by atoms with van der Waals surface area (Å²) in [7, 11) is 0. The Bertz CT molecular complexity index is 389. The lowest BCUT2D eigenvalue weighted by Crippen LogP contribution is -2.28. The molecule has 1 saturated carbocycles. The van der Waals surface area contributed by atoms with Gasteiger partial charge in [-0.2, -0.15) is 0 Å². The van der Waals surface area contributed by atoms with E-state index in [1.807, 2.05) is 25.1 Å². The molecule has 2 rings (SSSR count). The fourth-order valence-electron chi connectivity index (χ4n) is 2.49. The van der Waals surface area contributed by atoms with E-state index in [9.17, 15) is 0 Å². The molecule has 1 fully saturated rings. The molecule has 0 aliphatic heterocycles. The Kier molecular flexibility index (Phi) is 3.60. The fraction of sp³-hybridized carbons (Fsp3) is 0.600. The molecule has 0 bridgehead atoms. The normalized spacial score (nSPS) is 29.0. The van der Waals surface area contributed by atoms with Crippen LogP contribution in [0.15, 0.2) is 18.2 Å². The molecule has 0 amide bonds. The van der Waals surface area contributed by atoms with Crippen LogP contribution in [0.1, 0.15) is 38.7 Å². The molecule has 0 heterocycles. The smallest absolute Gasteiger partial charge is 0.121 e. The average Bonchev–Trinajstić information content (AvgIpc) is 2.29. The first kappa shape index (κ1) is 12.3. The Hall–Kier alpha value is -1.18. The summed E-state index contributed by atoms with van der Waals surface area (Å²) in [4.78, 5) is 0. The Balaban J connectivity index is 1.99. The molecule has 1 aromatic carbocycles. The van der Waals surface area contributed by atoms with Crippen molar-refractivity contribution in [2.24, 2.45) is 11.8 Å². The third kappa shape index (κ3) is 2.93. The first-order valence-electron chi connectivity index (χ1n) is 6.59. The summed E-state index contributed by atoms with van der Waals surface area (Å²) in [5.74, 6) is 2.51.